The highest BCUT2D eigenvalue weighted by atomic mass is 35.5. The van der Waals surface area contributed by atoms with Gasteiger partial charge in [-0.15, -0.1) is 0 Å². The molecule has 3 heterocycles. The highest BCUT2D eigenvalue weighted by Gasteiger charge is 2.43. The van der Waals surface area contributed by atoms with Crippen molar-refractivity contribution in [2.45, 2.75) is 6.04 Å². The van der Waals surface area contributed by atoms with E-state index in [0.29, 0.717) is 40.3 Å². The van der Waals surface area contributed by atoms with Crippen molar-refractivity contribution in [2.24, 2.45) is 10.9 Å². The number of nitrogens with zero attached hydrogens (tertiary/aromatic N) is 4. The molecule has 144 valence electrons. The summed E-state index contributed by atoms with van der Waals surface area (Å²) in [5, 5.41) is 9.50. The Hall–Kier alpha value is -3.18. The molecule has 0 saturated carbocycles. The van der Waals surface area contributed by atoms with Crippen LogP contribution in [0, 0.1) is 17.2 Å². The number of ether oxygens (including phenoxy) is 2. The highest BCUT2D eigenvalue weighted by molar-refractivity contribution is 6.35. The van der Waals surface area contributed by atoms with Crippen LogP contribution >= 0.6 is 11.6 Å². The number of aromatic amines is 1. The third-order valence-corrected chi connectivity index (χ3v) is 5.53. The van der Waals surface area contributed by atoms with Crippen molar-refractivity contribution in [3.8, 4) is 17.6 Å². The molecule has 9 heteroatoms. The highest BCUT2D eigenvalue weighted by Crippen LogP contribution is 2.45. The van der Waals surface area contributed by atoms with Crippen molar-refractivity contribution in [3.63, 3.8) is 0 Å². The van der Waals surface area contributed by atoms with Crippen molar-refractivity contribution in [3.05, 3.63) is 34.5 Å². The van der Waals surface area contributed by atoms with E-state index in [-0.39, 0.29) is 18.0 Å². The number of halogens is 1. The summed E-state index contributed by atoms with van der Waals surface area (Å²) in [4.78, 5) is 23.9. The molecule has 1 aromatic carbocycles. The number of rotatable bonds is 3. The molecule has 2 aliphatic heterocycles. The summed E-state index contributed by atoms with van der Waals surface area (Å²) in [7, 11) is 4.79. The van der Waals surface area contributed by atoms with Crippen molar-refractivity contribution in [1.82, 2.24) is 9.88 Å². The molecule has 0 bridgehead atoms. The number of hydrogen-bond acceptors (Lipinski definition) is 5. The van der Waals surface area contributed by atoms with Crippen molar-refractivity contribution < 1.29 is 14.3 Å². The van der Waals surface area contributed by atoms with Crippen LogP contribution in [0.15, 0.2) is 23.2 Å². The minimum atomic E-state index is -0.209. The van der Waals surface area contributed by atoms with Crippen LogP contribution in [0.5, 0.6) is 11.5 Å². The summed E-state index contributed by atoms with van der Waals surface area (Å²) < 4.78 is 10.6. The normalized spacial score (nSPS) is 20.5. The van der Waals surface area contributed by atoms with Crippen LogP contribution in [0.1, 0.15) is 17.3 Å². The minimum absolute atomic E-state index is 0.0641. The lowest BCUT2D eigenvalue weighted by Crippen LogP contribution is -2.54. The van der Waals surface area contributed by atoms with E-state index >= 15 is 0 Å². The van der Waals surface area contributed by atoms with E-state index in [1.807, 2.05) is 6.21 Å². The molecule has 0 radical (unpaired) electrons. The first-order valence-electron chi connectivity index (χ1n) is 8.61. The Bertz CT molecular complexity index is 1030. The van der Waals surface area contributed by atoms with E-state index in [9.17, 15) is 4.79 Å². The average molecular weight is 400 g/mol. The summed E-state index contributed by atoms with van der Waals surface area (Å²) in [6, 6.07) is 6.81. The number of anilines is 1. The number of H-pyrrole nitrogens is 1. The number of carbonyl (C=O) groups is 1. The number of nitrogens with one attached hydrogen (secondary N) is 1. The molecule has 1 fully saturated rings. The predicted molar refractivity (Wildman–Crippen MR) is 105 cm³/mol. The number of fused-ring (bicyclic) bond motifs is 3. The Morgan fingerprint density at radius 2 is 2.11 bits per heavy atom. The fourth-order valence-electron chi connectivity index (χ4n) is 3.80. The van der Waals surface area contributed by atoms with Crippen LogP contribution in [0.4, 0.5) is 16.3 Å². The fraction of sp³-hybridized carbons (Fsp3) is 0.316. The lowest BCUT2D eigenvalue weighted by atomic mass is 9.89. The molecule has 1 aromatic heterocycles. The number of amides is 2. The van der Waals surface area contributed by atoms with Gasteiger partial charge in [0.25, 0.3) is 0 Å². The molecule has 4 rings (SSSR count). The van der Waals surface area contributed by atoms with Crippen LogP contribution in [-0.2, 0) is 0 Å². The van der Waals surface area contributed by atoms with Crippen LogP contribution in [0.25, 0.3) is 0 Å². The Labute approximate surface area is 166 Å². The van der Waals surface area contributed by atoms with Crippen molar-refractivity contribution in [1.29, 1.82) is 5.26 Å². The monoisotopic (exact) mass is 399 g/mol. The second-order valence-corrected chi connectivity index (χ2v) is 7.03. The molecule has 2 unspecified atom stereocenters. The molecular formula is C19H18ClN5O3. The van der Waals surface area contributed by atoms with Crippen molar-refractivity contribution >= 4 is 35.4 Å². The SMILES string of the molecule is COc1cc(OC)c(Cl)c(N2CC3C=Nc4[nH]c(C#N)cc4C3N(C)C2=O)c1. The Kier molecular flexibility index (Phi) is 4.40. The van der Waals surface area contributed by atoms with Gasteiger partial charge in [0, 0.05) is 43.4 Å². The first kappa shape index (κ1) is 18.2. The fourth-order valence-corrected chi connectivity index (χ4v) is 4.09. The maximum absolute atomic E-state index is 13.2. The number of nitriles is 1. The Morgan fingerprint density at radius 3 is 2.79 bits per heavy atom. The number of methoxy groups -OCH3 is 2. The van der Waals surface area contributed by atoms with Gasteiger partial charge in [-0.2, -0.15) is 5.26 Å². The molecule has 2 amide bonds. The molecule has 0 spiro atoms. The molecule has 28 heavy (non-hydrogen) atoms. The lowest BCUT2D eigenvalue weighted by molar-refractivity contribution is 0.170. The quantitative estimate of drug-likeness (QED) is 0.854. The van der Waals surface area contributed by atoms with Gasteiger partial charge >= 0.3 is 6.03 Å². The molecule has 2 aliphatic rings. The van der Waals surface area contributed by atoms with Gasteiger partial charge in [-0.25, -0.2) is 9.79 Å². The van der Waals surface area contributed by atoms with Gasteiger partial charge in [-0.3, -0.25) is 4.90 Å². The largest absolute Gasteiger partial charge is 0.497 e. The van der Waals surface area contributed by atoms with E-state index in [4.69, 9.17) is 26.3 Å². The Morgan fingerprint density at radius 1 is 1.32 bits per heavy atom. The number of urea groups is 1. The Balaban J connectivity index is 1.75. The average Bonchev–Trinajstić information content (AvgIpc) is 3.14. The minimum Gasteiger partial charge on any atom is -0.497 e. The summed E-state index contributed by atoms with van der Waals surface area (Å²) >= 11 is 6.49. The molecule has 0 aliphatic carbocycles. The van der Waals surface area contributed by atoms with Gasteiger partial charge in [0.15, 0.2) is 0 Å². The first-order valence-corrected chi connectivity index (χ1v) is 8.99. The second kappa shape index (κ2) is 6.77. The molecule has 2 atom stereocenters. The lowest BCUT2D eigenvalue weighted by Gasteiger charge is -2.44. The smallest absolute Gasteiger partial charge is 0.324 e. The van der Waals surface area contributed by atoms with Gasteiger partial charge in [-0.1, -0.05) is 11.6 Å². The number of benzene rings is 1. The van der Waals surface area contributed by atoms with E-state index in [1.54, 1.807) is 42.2 Å². The number of hydrogen-bond donors (Lipinski definition) is 1. The number of aliphatic imine (C=N–C) groups is 1. The molecular weight excluding hydrogens is 382 g/mol. The van der Waals surface area contributed by atoms with Gasteiger partial charge in [-0.05, 0) is 6.07 Å². The first-order chi connectivity index (χ1) is 13.5. The summed E-state index contributed by atoms with van der Waals surface area (Å²) in [6.45, 7) is 0.389. The molecule has 8 nitrogen and oxygen atoms in total. The predicted octanol–water partition coefficient (Wildman–Crippen LogP) is 3.50. The van der Waals surface area contributed by atoms with Crippen molar-refractivity contribution in [2.75, 3.05) is 32.7 Å². The molecule has 1 saturated heterocycles. The third kappa shape index (κ3) is 2.67. The zero-order valence-corrected chi connectivity index (χ0v) is 16.3. The summed E-state index contributed by atoms with van der Waals surface area (Å²) in [5.74, 6) is 1.52. The molecule has 2 aromatic rings. The van der Waals surface area contributed by atoms with Crippen LogP contribution < -0.4 is 14.4 Å². The van der Waals surface area contributed by atoms with Crippen LogP contribution in [0.3, 0.4) is 0 Å². The van der Waals surface area contributed by atoms with Gasteiger partial charge in [0.05, 0.1) is 25.9 Å². The number of aromatic nitrogens is 1. The van der Waals surface area contributed by atoms with Crippen LogP contribution in [0.2, 0.25) is 5.02 Å². The summed E-state index contributed by atoms with van der Waals surface area (Å²) in [5.41, 5.74) is 1.78. The van der Waals surface area contributed by atoms with Gasteiger partial charge in [0.2, 0.25) is 0 Å². The summed E-state index contributed by atoms with van der Waals surface area (Å²) in [6.07, 6.45) is 1.81. The van der Waals surface area contributed by atoms with E-state index in [0.717, 1.165) is 5.56 Å². The van der Waals surface area contributed by atoms with E-state index in [1.165, 1.54) is 7.11 Å². The van der Waals surface area contributed by atoms with Crippen LogP contribution in [-0.4, -0.2) is 49.9 Å². The zero-order valence-electron chi connectivity index (χ0n) is 15.6. The number of carbonyl (C=O) groups excluding carboxylic acids is 1. The standard InChI is InChI=1S/C19H18ClN5O3/c1-24-17-10(8-22-18-13(17)4-11(7-21)23-18)9-25(19(24)26)14-5-12(27-2)6-15(28-3)16(14)20/h4-6,8,10,17,23H,9H2,1-3H3. The molecule has 1 N–H and O–H groups in total. The maximum atomic E-state index is 13.2. The second-order valence-electron chi connectivity index (χ2n) is 6.65. The third-order valence-electron chi connectivity index (χ3n) is 5.15. The topological polar surface area (TPSA) is 93.9 Å². The van der Waals surface area contributed by atoms with Gasteiger partial charge in [0.1, 0.15) is 34.1 Å². The van der Waals surface area contributed by atoms with E-state index < -0.39 is 0 Å². The van der Waals surface area contributed by atoms with E-state index in [2.05, 4.69) is 16.0 Å². The maximum Gasteiger partial charge on any atom is 0.324 e. The van der Waals surface area contributed by atoms with Gasteiger partial charge < -0.3 is 19.4 Å². The zero-order chi connectivity index (χ0) is 20.0.